The maximum absolute atomic E-state index is 5.72. The summed E-state index contributed by atoms with van der Waals surface area (Å²) < 4.78 is 6.92. The maximum atomic E-state index is 5.72. The normalized spacial score (nSPS) is 13.2. The Kier molecular flexibility index (Phi) is 3.36. The molecule has 3 heteroatoms. The molecule has 0 fully saturated rings. The average molecular weight is 221 g/mol. The lowest BCUT2D eigenvalue weighted by atomic mass is 10.1. The van der Waals surface area contributed by atoms with Gasteiger partial charge in [-0.05, 0) is 23.8 Å². The van der Waals surface area contributed by atoms with Crippen molar-refractivity contribution in [2.75, 3.05) is 13.2 Å². The van der Waals surface area contributed by atoms with Crippen LogP contribution >= 0.6 is 11.3 Å². The van der Waals surface area contributed by atoms with Crippen LogP contribution < -0.4 is 5.73 Å². The van der Waals surface area contributed by atoms with E-state index in [1.54, 1.807) is 11.3 Å². The molecule has 0 saturated heterocycles. The maximum Gasteiger partial charge on any atom is 0.0960 e. The number of thiophene rings is 1. The van der Waals surface area contributed by atoms with Crippen molar-refractivity contribution in [3.05, 3.63) is 35.2 Å². The third-order valence-electron chi connectivity index (χ3n) is 2.44. The molecule has 0 bridgehead atoms. The van der Waals surface area contributed by atoms with E-state index < -0.39 is 0 Å². The standard InChI is InChI=1S/C12H15NOS/c1-2-14-11(7-13)10-8-15-12-6-4-3-5-9(10)12/h3-6,8,11H,2,7,13H2,1H3. The first-order valence-corrected chi connectivity index (χ1v) is 6.02. The van der Waals surface area contributed by atoms with Gasteiger partial charge in [0.15, 0.2) is 0 Å². The Hall–Kier alpha value is -0.900. The molecule has 0 aliphatic heterocycles. The summed E-state index contributed by atoms with van der Waals surface area (Å²) in [6.45, 7) is 3.23. The zero-order valence-corrected chi connectivity index (χ0v) is 9.59. The van der Waals surface area contributed by atoms with Crippen LogP contribution in [0.1, 0.15) is 18.6 Å². The van der Waals surface area contributed by atoms with Gasteiger partial charge in [0.05, 0.1) is 6.10 Å². The number of nitrogens with two attached hydrogens (primary N) is 1. The molecule has 1 aromatic heterocycles. The molecule has 0 aliphatic rings. The minimum Gasteiger partial charge on any atom is -0.372 e. The summed E-state index contributed by atoms with van der Waals surface area (Å²) >= 11 is 1.75. The highest BCUT2D eigenvalue weighted by Crippen LogP contribution is 2.31. The van der Waals surface area contributed by atoms with Crippen LogP contribution in [0.25, 0.3) is 10.1 Å². The molecule has 2 nitrogen and oxygen atoms in total. The van der Waals surface area contributed by atoms with Crippen molar-refractivity contribution in [2.45, 2.75) is 13.0 Å². The topological polar surface area (TPSA) is 35.2 Å². The highest BCUT2D eigenvalue weighted by molar-refractivity contribution is 7.17. The van der Waals surface area contributed by atoms with Crippen molar-refractivity contribution in [3.8, 4) is 0 Å². The summed E-state index contributed by atoms with van der Waals surface area (Å²) in [6.07, 6.45) is 0.0335. The second-order valence-corrected chi connectivity index (χ2v) is 4.28. The number of rotatable bonds is 4. The fourth-order valence-electron chi connectivity index (χ4n) is 1.73. The zero-order valence-electron chi connectivity index (χ0n) is 8.77. The highest BCUT2D eigenvalue weighted by atomic mass is 32.1. The minimum absolute atomic E-state index is 0.0335. The van der Waals surface area contributed by atoms with E-state index in [0.717, 1.165) is 0 Å². The molecule has 0 radical (unpaired) electrons. The second-order valence-electron chi connectivity index (χ2n) is 3.37. The van der Waals surface area contributed by atoms with E-state index in [9.17, 15) is 0 Å². The first kappa shape index (κ1) is 10.6. The molecular formula is C12H15NOS. The van der Waals surface area contributed by atoms with Gasteiger partial charge in [-0.25, -0.2) is 0 Å². The van der Waals surface area contributed by atoms with Crippen molar-refractivity contribution < 1.29 is 4.74 Å². The van der Waals surface area contributed by atoms with Gasteiger partial charge in [0.25, 0.3) is 0 Å². The van der Waals surface area contributed by atoms with E-state index in [1.165, 1.54) is 15.6 Å². The Morgan fingerprint density at radius 2 is 2.20 bits per heavy atom. The first-order chi connectivity index (χ1) is 7.36. The quantitative estimate of drug-likeness (QED) is 0.861. The van der Waals surface area contributed by atoms with Crippen molar-refractivity contribution in [2.24, 2.45) is 5.73 Å². The van der Waals surface area contributed by atoms with Gasteiger partial charge in [0.2, 0.25) is 0 Å². The molecule has 0 aliphatic carbocycles. The van der Waals surface area contributed by atoms with Gasteiger partial charge in [-0.1, -0.05) is 18.2 Å². The molecule has 1 aromatic carbocycles. The van der Waals surface area contributed by atoms with Crippen LogP contribution in [-0.2, 0) is 4.74 Å². The van der Waals surface area contributed by atoms with Crippen molar-refractivity contribution in [3.63, 3.8) is 0 Å². The highest BCUT2D eigenvalue weighted by Gasteiger charge is 2.13. The molecule has 0 spiro atoms. The van der Waals surface area contributed by atoms with Crippen molar-refractivity contribution in [1.82, 2.24) is 0 Å². The Balaban J connectivity index is 2.41. The molecule has 1 unspecified atom stereocenters. The fraction of sp³-hybridized carbons (Fsp3) is 0.333. The molecule has 0 saturated carbocycles. The number of benzene rings is 1. The van der Waals surface area contributed by atoms with Crippen LogP contribution in [0, 0.1) is 0 Å². The lowest BCUT2D eigenvalue weighted by Crippen LogP contribution is -2.15. The Morgan fingerprint density at radius 3 is 2.93 bits per heavy atom. The van der Waals surface area contributed by atoms with Crippen molar-refractivity contribution in [1.29, 1.82) is 0 Å². The molecule has 15 heavy (non-hydrogen) atoms. The third-order valence-corrected chi connectivity index (χ3v) is 3.42. The fourth-order valence-corrected chi connectivity index (χ4v) is 2.74. The van der Waals surface area contributed by atoms with Crippen molar-refractivity contribution >= 4 is 21.4 Å². The molecule has 2 rings (SSSR count). The van der Waals surface area contributed by atoms with Crippen LogP contribution in [0.3, 0.4) is 0 Å². The van der Waals surface area contributed by atoms with Crippen LogP contribution in [0.5, 0.6) is 0 Å². The van der Waals surface area contributed by atoms with Crippen LogP contribution in [0.4, 0.5) is 0 Å². The Bertz CT molecular complexity index is 438. The lowest BCUT2D eigenvalue weighted by molar-refractivity contribution is 0.0701. The summed E-state index contributed by atoms with van der Waals surface area (Å²) in [4.78, 5) is 0. The predicted octanol–water partition coefficient (Wildman–Crippen LogP) is 2.94. The molecule has 1 atom stereocenters. The number of ether oxygens (including phenoxy) is 1. The van der Waals surface area contributed by atoms with E-state index in [1.807, 2.05) is 6.92 Å². The second kappa shape index (κ2) is 4.75. The summed E-state index contributed by atoms with van der Waals surface area (Å²) in [6, 6.07) is 8.37. The van der Waals surface area contributed by atoms with E-state index in [2.05, 4.69) is 29.6 Å². The van der Waals surface area contributed by atoms with E-state index in [-0.39, 0.29) is 6.10 Å². The number of fused-ring (bicyclic) bond motifs is 1. The van der Waals surface area contributed by atoms with Gasteiger partial charge in [-0.3, -0.25) is 0 Å². The smallest absolute Gasteiger partial charge is 0.0960 e. The van der Waals surface area contributed by atoms with E-state index >= 15 is 0 Å². The number of hydrogen-bond donors (Lipinski definition) is 1. The Labute approximate surface area is 93.7 Å². The lowest BCUT2D eigenvalue weighted by Gasteiger charge is -2.13. The third kappa shape index (κ3) is 2.04. The monoisotopic (exact) mass is 221 g/mol. The van der Waals surface area contributed by atoms with Gasteiger partial charge in [0, 0.05) is 23.4 Å². The van der Waals surface area contributed by atoms with Gasteiger partial charge < -0.3 is 10.5 Å². The molecular weight excluding hydrogens is 206 g/mol. The minimum atomic E-state index is 0.0335. The van der Waals surface area contributed by atoms with Gasteiger partial charge in [-0.15, -0.1) is 11.3 Å². The average Bonchev–Trinajstić information content (AvgIpc) is 2.70. The zero-order chi connectivity index (χ0) is 10.7. The summed E-state index contributed by atoms with van der Waals surface area (Å²) in [7, 11) is 0. The summed E-state index contributed by atoms with van der Waals surface area (Å²) in [5.41, 5.74) is 6.94. The molecule has 2 aromatic rings. The predicted molar refractivity (Wildman–Crippen MR) is 65.2 cm³/mol. The van der Waals surface area contributed by atoms with Gasteiger partial charge in [-0.2, -0.15) is 0 Å². The first-order valence-electron chi connectivity index (χ1n) is 5.14. The number of hydrogen-bond acceptors (Lipinski definition) is 3. The largest absolute Gasteiger partial charge is 0.372 e. The molecule has 1 heterocycles. The Morgan fingerprint density at radius 1 is 1.40 bits per heavy atom. The molecule has 0 amide bonds. The molecule has 2 N–H and O–H groups in total. The van der Waals surface area contributed by atoms with E-state index in [4.69, 9.17) is 10.5 Å². The van der Waals surface area contributed by atoms with Crippen LogP contribution in [0.2, 0.25) is 0 Å². The summed E-state index contributed by atoms with van der Waals surface area (Å²) in [5, 5.41) is 3.42. The molecule has 80 valence electrons. The SMILES string of the molecule is CCOC(CN)c1csc2ccccc12. The van der Waals surface area contributed by atoms with Crippen LogP contribution in [0.15, 0.2) is 29.6 Å². The van der Waals surface area contributed by atoms with Crippen LogP contribution in [-0.4, -0.2) is 13.2 Å². The van der Waals surface area contributed by atoms with Gasteiger partial charge >= 0.3 is 0 Å². The summed E-state index contributed by atoms with van der Waals surface area (Å²) in [5.74, 6) is 0. The van der Waals surface area contributed by atoms with E-state index in [0.29, 0.717) is 13.2 Å². The van der Waals surface area contributed by atoms with Gasteiger partial charge in [0.1, 0.15) is 0 Å².